The van der Waals surface area contributed by atoms with E-state index in [0.717, 1.165) is 43.1 Å². The van der Waals surface area contributed by atoms with Crippen LogP contribution in [0.3, 0.4) is 0 Å². The molecule has 1 aliphatic rings. The van der Waals surface area contributed by atoms with Crippen LogP contribution >= 0.6 is 0 Å². The molecule has 134 valence electrons. The predicted molar refractivity (Wildman–Crippen MR) is 100.0 cm³/mol. The van der Waals surface area contributed by atoms with Gasteiger partial charge in [0.05, 0.1) is 4.90 Å². The maximum atomic E-state index is 11.6. The summed E-state index contributed by atoms with van der Waals surface area (Å²) in [5.74, 6) is 0.741. The molecule has 0 amide bonds. The van der Waals surface area contributed by atoms with Gasteiger partial charge in [0.25, 0.3) is 0 Å². The second kappa shape index (κ2) is 7.00. The number of aryl methyl sites for hydroxylation is 1. The smallest absolute Gasteiger partial charge is 0.225 e. The minimum Gasteiger partial charge on any atom is -0.369 e. The highest BCUT2D eigenvalue weighted by atomic mass is 32.2. The summed E-state index contributed by atoms with van der Waals surface area (Å²) in [5.41, 5.74) is 2.10. The van der Waals surface area contributed by atoms with E-state index in [9.17, 15) is 8.42 Å². The van der Waals surface area contributed by atoms with E-state index in [1.807, 2.05) is 38.5 Å². The van der Waals surface area contributed by atoms with E-state index in [0.29, 0.717) is 10.9 Å². The molecule has 1 saturated heterocycles. The van der Waals surface area contributed by atoms with Gasteiger partial charge in [-0.3, -0.25) is 0 Å². The zero-order valence-corrected chi connectivity index (χ0v) is 15.7. The van der Waals surface area contributed by atoms with Crippen LogP contribution in [0.25, 0.3) is 0 Å². The first kappa shape index (κ1) is 17.7. The molecular formula is C18H24N4O2S. The van der Waals surface area contributed by atoms with Crippen molar-refractivity contribution in [2.24, 2.45) is 0 Å². The summed E-state index contributed by atoms with van der Waals surface area (Å²) >= 11 is 0. The van der Waals surface area contributed by atoms with Crippen LogP contribution in [-0.4, -0.2) is 50.8 Å². The highest BCUT2D eigenvalue weighted by molar-refractivity contribution is 7.90. The van der Waals surface area contributed by atoms with Crippen molar-refractivity contribution in [3.8, 4) is 0 Å². The molecule has 3 rings (SSSR count). The van der Waals surface area contributed by atoms with Crippen LogP contribution in [0.2, 0.25) is 0 Å². The molecule has 0 radical (unpaired) electrons. The average molecular weight is 360 g/mol. The molecular weight excluding hydrogens is 336 g/mol. The van der Waals surface area contributed by atoms with Crippen molar-refractivity contribution < 1.29 is 8.42 Å². The Morgan fingerprint density at radius 3 is 2.40 bits per heavy atom. The molecule has 2 heterocycles. The van der Waals surface area contributed by atoms with Crippen LogP contribution in [-0.2, 0) is 9.84 Å². The van der Waals surface area contributed by atoms with Crippen LogP contribution in [0.15, 0.2) is 41.6 Å². The zero-order chi connectivity index (χ0) is 18.0. The maximum absolute atomic E-state index is 11.6. The fourth-order valence-electron chi connectivity index (χ4n) is 3.14. The predicted octanol–water partition coefficient (Wildman–Crippen LogP) is 2.29. The largest absolute Gasteiger partial charge is 0.369 e. The van der Waals surface area contributed by atoms with Crippen LogP contribution < -0.4 is 9.80 Å². The highest BCUT2D eigenvalue weighted by Crippen LogP contribution is 2.24. The minimum atomic E-state index is -3.16. The van der Waals surface area contributed by atoms with Gasteiger partial charge in [-0.05, 0) is 49.6 Å². The molecule has 2 aromatic rings. The first-order valence-corrected chi connectivity index (χ1v) is 10.3. The Morgan fingerprint density at radius 1 is 1.16 bits per heavy atom. The molecule has 0 saturated carbocycles. The van der Waals surface area contributed by atoms with Gasteiger partial charge >= 0.3 is 0 Å². The van der Waals surface area contributed by atoms with E-state index >= 15 is 0 Å². The fraction of sp³-hybridized carbons (Fsp3) is 0.444. The highest BCUT2D eigenvalue weighted by Gasteiger charge is 2.25. The number of nitrogens with zero attached hydrogens (tertiary/aromatic N) is 4. The number of anilines is 2. The Balaban J connectivity index is 1.73. The van der Waals surface area contributed by atoms with Gasteiger partial charge < -0.3 is 9.80 Å². The lowest BCUT2D eigenvalue weighted by Crippen LogP contribution is -2.47. The fourth-order valence-corrected chi connectivity index (χ4v) is 3.77. The number of hydrogen-bond acceptors (Lipinski definition) is 6. The topological polar surface area (TPSA) is 66.4 Å². The maximum Gasteiger partial charge on any atom is 0.225 e. The van der Waals surface area contributed by atoms with E-state index in [1.54, 1.807) is 12.1 Å². The molecule has 1 aromatic carbocycles. The Hall–Kier alpha value is -2.15. The van der Waals surface area contributed by atoms with Crippen LogP contribution in [0, 0.1) is 6.92 Å². The molecule has 1 aliphatic heterocycles. The molecule has 25 heavy (non-hydrogen) atoms. The van der Waals surface area contributed by atoms with Crippen LogP contribution in [0.5, 0.6) is 0 Å². The third kappa shape index (κ3) is 4.10. The molecule has 1 aromatic heterocycles. The lowest BCUT2D eigenvalue weighted by molar-refractivity contribution is 0.483. The normalized spacial score (nSPS) is 18.2. The minimum absolute atomic E-state index is 0.325. The van der Waals surface area contributed by atoms with Crippen LogP contribution in [0.4, 0.5) is 11.6 Å². The monoisotopic (exact) mass is 360 g/mol. The summed E-state index contributed by atoms with van der Waals surface area (Å²) in [4.78, 5) is 13.6. The van der Waals surface area contributed by atoms with Gasteiger partial charge in [0.1, 0.15) is 0 Å². The molecule has 1 fully saturated rings. The number of aromatic nitrogens is 2. The Kier molecular flexibility index (Phi) is 4.94. The number of piperidine rings is 1. The Bertz CT molecular complexity index is 819. The van der Waals surface area contributed by atoms with E-state index in [1.165, 1.54) is 6.26 Å². The van der Waals surface area contributed by atoms with Gasteiger partial charge in [-0.1, -0.05) is 0 Å². The van der Waals surface area contributed by atoms with E-state index in [2.05, 4.69) is 19.8 Å². The third-order valence-corrected chi connectivity index (χ3v) is 5.79. The molecule has 0 bridgehead atoms. The summed E-state index contributed by atoms with van der Waals surface area (Å²) in [7, 11) is -1.12. The third-order valence-electron chi connectivity index (χ3n) is 4.66. The molecule has 7 heteroatoms. The van der Waals surface area contributed by atoms with Crippen molar-refractivity contribution in [3.63, 3.8) is 0 Å². The number of rotatable bonds is 4. The van der Waals surface area contributed by atoms with Gasteiger partial charge in [0.15, 0.2) is 9.84 Å². The molecule has 0 aliphatic carbocycles. The number of hydrogen-bond donors (Lipinski definition) is 0. The summed E-state index contributed by atoms with van der Waals surface area (Å²) in [6.07, 6.45) is 7.07. The molecule has 0 spiro atoms. The molecule has 1 atom stereocenters. The lowest BCUT2D eigenvalue weighted by atomic mass is 10.0. The van der Waals surface area contributed by atoms with Crippen molar-refractivity contribution in [3.05, 3.63) is 42.2 Å². The van der Waals surface area contributed by atoms with Gasteiger partial charge in [0, 0.05) is 50.5 Å². The number of sulfone groups is 1. The number of benzene rings is 1. The SMILES string of the molecule is Cc1cnc(N(C)C2CCCN(c3ccc(S(C)(=O)=O)cc3)C2)nc1. The second-order valence-electron chi connectivity index (χ2n) is 6.68. The van der Waals surface area contributed by atoms with Crippen molar-refractivity contribution in [2.75, 3.05) is 36.2 Å². The zero-order valence-electron chi connectivity index (χ0n) is 14.9. The van der Waals surface area contributed by atoms with Crippen LogP contribution in [0.1, 0.15) is 18.4 Å². The van der Waals surface area contributed by atoms with Gasteiger partial charge in [-0.2, -0.15) is 0 Å². The van der Waals surface area contributed by atoms with E-state index in [4.69, 9.17) is 0 Å². The second-order valence-corrected chi connectivity index (χ2v) is 8.70. The molecule has 6 nitrogen and oxygen atoms in total. The number of likely N-dealkylation sites (N-methyl/N-ethyl adjacent to an activating group) is 1. The quantitative estimate of drug-likeness (QED) is 0.833. The summed E-state index contributed by atoms with van der Waals surface area (Å²) < 4.78 is 23.2. The lowest BCUT2D eigenvalue weighted by Gasteiger charge is -2.38. The van der Waals surface area contributed by atoms with Gasteiger partial charge in [0.2, 0.25) is 5.95 Å². The van der Waals surface area contributed by atoms with E-state index < -0.39 is 9.84 Å². The van der Waals surface area contributed by atoms with Crippen molar-refractivity contribution in [1.29, 1.82) is 0 Å². The standard InChI is InChI=1S/C18H24N4O2S/c1-14-11-19-18(20-12-14)21(2)16-5-4-10-22(13-16)15-6-8-17(9-7-15)25(3,23)24/h6-9,11-12,16H,4-5,10,13H2,1-3H3. The summed E-state index contributed by atoms with van der Waals surface area (Å²) in [5, 5.41) is 0. The average Bonchev–Trinajstić information content (AvgIpc) is 2.61. The summed E-state index contributed by atoms with van der Waals surface area (Å²) in [6.45, 7) is 3.82. The van der Waals surface area contributed by atoms with Crippen molar-refractivity contribution >= 4 is 21.5 Å². The molecule has 1 unspecified atom stereocenters. The molecule has 0 N–H and O–H groups in total. The van der Waals surface area contributed by atoms with Crippen molar-refractivity contribution in [2.45, 2.75) is 30.7 Å². The van der Waals surface area contributed by atoms with Crippen molar-refractivity contribution in [1.82, 2.24) is 9.97 Å². The van der Waals surface area contributed by atoms with E-state index in [-0.39, 0.29) is 0 Å². The first-order valence-electron chi connectivity index (χ1n) is 8.41. The first-order chi connectivity index (χ1) is 11.8. The Morgan fingerprint density at radius 2 is 1.80 bits per heavy atom. The summed E-state index contributed by atoms with van der Waals surface area (Å²) in [6, 6.07) is 7.47. The Labute approximate surface area is 149 Å². The van der Waals surface area contributed by atoms with Gasteiger partial charge in [-0.25, -0.2) is 18.4 Å². The van der Waals surface area contributed by atoms with Gasteiger partial charge in [-0.15, -0.1) is 0 Å².